The normalized spacial score (nSPS) is 9.91. The van der Waals surface area contributed by atoms with Gasteiger partial charge in [-0.2, -0.15) is 5.10 Å². The van der Waals surface area contributed by atoms with Gasteiger partial charge in [0.1, 0.15) is 0 Å². The molecule has 3 nitrogen and oxygen atoms in total. The van der Waals surface area contributed by atoms with E-state index in [0.29, 0.717) is 0 Å². The number of hydrogen-bond donors (Lipinski definition) is 1. The summed E-state index contributed by atoms with van der Waals surface area (Å²) in [4.78, 5) is 11.0. The highest BCUT2D eigenvalue weighted by atomic mass is 16.1. The first-order valence-corrected chi connectivity index (χ1v) is 3.87. The molecule has 0 saturated heterocycles. The maximum atomic E-state index is 11.0. The molecule has 0 radical (unpaired) electrons. The highest BCUT2D eigenvalue weighted by Gasteiger charge is 1.95. The van der Waals surface area contributed by atoms with Gasteiger partial charge >= 0.3 is 0 Å². The molecule has 1 aromatic rings. The van der Waals surface area contributed by atoms with E-state index in [4.69, 9.17) is 0 Å². The quantitative estimate of drug-likeness (QED) is 0.705. The van der Waals surface area contributed by atoms with Crippen molar-refractivity contribution >= 4 is 0 Å². The molecule has 1 rings (SSSR count). The minimum Gasteiger partial charge on any atom is -0.268 e. The van der Waals surface area contributed by atoms with Gasteiger partial charge < -0.3 is 0 Å². The van der Waals surface area contributed by atoms with E-state index in [9.17, 15) is 4.79 Å². The van der Waals surface area contributed by atoms with Gasteiger partial charge in [0.05, 0.1) is 0 Å². The Morgan fingerprint density at radius 1 is 1.64 bits per heavy atom. The number of H-pyrrole nitrogens is 1. The molecule has 60 valence electrons. The number of aromatic amines is 1. The van der Waals surface area contributed by atoms with Gasteiger partial charge in [0.2, 0.25) is 0 Å². The lowest BCUT2D eigenvalue weighted by Gasteiger charge is -1.95. The predicted octanol–water partition coefficient (Wildman–Crippen LogP) is 1.11. The van der Waals surface area contributed by atoms with Crippen molar-refractivity contribution in [2.24, 2.45) is 0 Å². The van der Waals surface area contributed by atoms with Crippen LogP contribution in [0.1, 0.15) is 25.3 Å². The molecule has 3 heteroatoms. The van der Waals surface area contributed by atoms with Crippen LogP contribution in [-0.4, -0.2) is 10.2 Å². The summed E-state index contributed by atoms with van der Waals surface area (Å²) in [5.41, 5.74) is 0.780. The van der Waals surface area contributed by atoms with E-state index in [1.165, 1.54) is 0 Å². The summed E-state index contributed by atoms with van der Waals surface area (Å²) in [5.74, 6) is 0. The van der Waals surface area contributed by atoms with Crippen LogP contribution >= 0.6 is 0 Å². The molecular weight excluding hydrogens is 140 g/mol. The molecule has 11 heavy (non-hydrogen) atoms. The summed E-state index contributed by atoms with van der Waals surface area (Å²) in [6.45, 7) is 2.11. The van der Waals surface area contributed by atoms with Crippen LogP contribution in [0.3, 0.4) is 0 Å². The zero-order valence-corrected chi connectivity index (χ0v) is 6.63. The summed E-state index contributed by atoms with van der Waals surface area (Å²) in [5, 5.41) is 6.02. The van der Waals surface area contributed by atoms with Crippen LogP contribution < -0.4 is 5.56 Å². The Balaban J connectivity index is 2.70. The molecule has 0 spiro atoms. The molecular formula is C8H12N2O. The number of aryl methyl sites for hydroxylation is 1. The van der Waals surface area contributed by atoms with Gasteiger partial charge in [0.15, 0.2) is 0 Å². The zero-order chi connectivity index (χ0) is 8.10. The Kier molecular flexibility index (Phi) is 2.83. The standard InChI is InChI=1S/C8H12N2O/c1-2-3-4-7-5-6-9-10-8(7)11/h5-6H,2-4H2,1H3,(H,10,11). The first-order chi connectivity index (χ1) is 5.34. The molecule has 0 aliphatic carbocycles. The number of nitrogens with one attached hydrogen (secondary N) is 1. The van der Waals surface area contributed by atoms with E-state index >= 15 is 0 Å². The van der Waals surface area contributed by atoms with Crippen LogP contribution in [0.4, 0.5) is 0 Å². The largest absolute Gasteiger partial charge is 0.268 e. The van der Waals surface area contributed by atoms with Gasteiger partial charge in [-0.3, -0.25) is 4.79 Å². The minimum atomic E-state index is -0.0547. The van der Waals surface area contributed by atoms with Crippen LogP contribution in [0.15, 0.2) is 17.1 Å². The Bertz CT molecular complexity index is 267. The van der Waals surface area contributed by atoms with Gasteiger partial charge in [0, 0.05) is 11.8 Å². The highest BCUT2D eigenvalue weighted by molar-refractivity contribution is 5.05. The van der Waals surface area contributed by atoms with E-state index < -0.39 is 0 Å². The first kappa shape index (κ1) is 7.98. The molecule has 0 amide bonds. The van der Waals surface area contributed by atoms with E-state index in [0.717, 1.165) is 24.8 Å². The number of aromatic nitrogens is 2. The van der Waals surface area contributed by atoms with Crippen LogP contribution in [-0.2, 0) is 6.42 Å². The van der Waals surface area contributed by atoms with Crippen molar-refractivity contribution < 1.29 is 0 Å². The second-order valence-corrected chi connectivity index (χ2v) is 2.51. The van der Waals surface area contributed by atoms with Crippen molar-refractivity contribution in [3.05, 3.63) is 28.2 Å². The third-order valence-electron chi connectivity index (χ3n) is 1.61. The fraction of sp³-hybridized carbons (Fsp3) is 0.500. The molecule has 0 fully saturated rings. The van der Waals surface area contributed by atoms with E-state index in [1.54, 1.807) is 12.3 Å². The third-order valence-corrected chi connectivity index (χ3v) is 1.61. The summed E-state index contributed by atoms with van der Waals surface area (Å²) >= 11 is 0. The topological polar surface area (TPSA) is 45.8 Å². The molecule has 0 atom stereocenters. The first-order valence-electron chi connectivity index (χ1n) is 3.87. The number of unbranched alkanes of at least 4 members (excludes halogenated alkanes) is 1. The lowest BCUT2D eigenvalue weighted by Crippen LogP contribution is -2.12. The van der Waals surface area contributed by atoms with Crippen LogP contribution in [0.2, 0.25) is 0 Å². The van der Waals surface area contributed by atoms with Crippen molar-refractivity contribution in [1.29, 1.82) is 0 Å². The Morgan fingerprint density at radius 3 is 3.09 bits per heavy atom. The lowest BCUT2D eigenvalue weighted by atomic mass is 10.1. The monoisotopic (exact) mass is 152 g/mol. The molecule has 1 aromatic heterocycles. The van der Waals surface area contributed by atoms with Crippen molar-refractivity contribution in [1.82, 2.24) is 10.2 Å². The lowest BCUT2D eigenvalue weighted by molar-refractivity contribution is 0.778. The highest BCUT2D eigenvalue weighted by Crippen LogP contribution is 1.96. The summed E-state index contributed by atoms with van der Waals surface area (Å²) < 4.78 is 0. The molecule has 0 aliphatic heterocycles. The molecule has 0 saturated carbocycles. The van der Waals surface area contributed by atoms with E-state index in [1.807, 2.05) is 0 Å². The van der Waals surface area contributed by atoms with Crippen molar-refractivity contribution in [3.63, 3.8) is 0 Å². The summed E-state index contributed by atoms with van der Waals surface area (Å²) in [6, 6.07) is 1.77. The predicted molar refractivity (Wildman–Crippen MR) is 43.5 cm³/mol. The van der Waals surface area contributed by atoms with Gasteiger partial charge in [-0.1, -0.05) is 13.3 Å². The minimum absolute atomic E-state index is 0.0547. The van der Waals surface area contributed by atoms with Gasteiger partial charge in [-0.15, -0.1) is 0 Å². The van der Waals surface area contributed by atoms with Crippen molar-refractivity contribution in [2.45, 2.75) is 26.2 Å². The Hall–Kier alpha value is -1.12. The average Bonchev–Trinajstić information content (AvgIpc) is 2.03. The SMILES string of the molecule is CCCCc1ccn[nH]c1=O. The molecule has 0 unspecified atom stereocenters. The maximum absolute atomic E-state index is 11.0. The fourth-order valence-corrected chi connectivity index (χ4v) is 0.935. The van der Waals surface area contributed by atoms with E-state index in [2.05, 4.69) is 17.1 Å². The Labute approximate surface area is 65.5 Å². The van der Waals surface area contributed by atoms with Crippen LogP contribution in [0, 0.1) is 0 Å². The smallest absolute Gasteiger partial charge is 0.267 e. The average molecular weight is 152 g/mol. The van der Waals surface area contributed by atoms with E-state index in [-0.39, 0.29) is 5.56 Å². The number of hydrogen-bond acceptors (Lipinski definition) is 2. The van der Waals surface area contributed by atoms with Gasteiger partial charge in [-0.05, 0) is 18.9 Å². The van der Waals surface area contributed by atoms with Crippen LogP contribution in [0.25, 0.3) is 0 Å². The van der Waals surface area contributed by atoms with Crippen molar-refractivity contribution in [3.8, 4) is 0 Å². The molecule has 0 aromatic carbocycles. The second-order valence-electron chi connectivity index (χ2n) is 2.51. The van der Waals surface area contributed by atoms with Gasteiger partial charge in [-0.25, -0.2) is 5.10 Å². The van der Waals surface area contributed by atoms with Crippen molar-refractivity contribution in [2.75, 3.05) is 0 Å². The third kappa shape index (κ3) is 2.18. The Morgan fingerprint density at radius 2 is 2.45 bits per heavy atom. The second kappa shape index (κ2) is 3.91. The fourth-order valence-electron chi connectivity index (χ4n) is 0.935. The molecule has 0 aliphatic rings. The zero-order valence-electron chi connectivity index (χ0n) is 6.63. The molecule has 1 N–H and O–H groups in total. The summed E-state index contributed by atoms with van der Waals surface area (Å²) in [7, 11) is 0. The number of nitrogens with zero attached hydrogens (tertiary/aromatic N) is 1. The maximum Gasteiger partial charge on any atom is 0.267 e. The molecule has 0 bridgehead atoms. The molecule has 1 heterocycles. The number of rotatable bonds is 3. The summed E-state index contributed by atoms with van der Waals surface area (Å²) in [6.07, 6.45) is 4.65. The van der Waals surface area contributed by atoms with Crippen LogP contribution in [0.5, 0.6) is 0 Å². The van der Waals surface area contributed by atoms with Gasteiger partial charge in [0.25, 0.3) is 5.56 Å².